The summed E-state index contributed by atoms with van der Waals surface area (Å²) in [5.74, 6) is 0. The van der Waals surface area contributed by atoms with Crippen molar-refractivity contribution in [2.45, 2.75) is 23.5 Å². The molecule has 0 saturated carbocycles. The summed E-state index contributed by atoms with van der Waals surface area (Å²) in [4.78, 5) is 9.02. The van der Waals surface area contributed by atoms with Gasteiger partial charge in [0.15, 0.2) is 0 Å². The van der Waals surface area contributed by atoms with Gasteiger partial charge < -0.3 is 0 Å². The summed E-state index contributed by atoms with van der Waals surface area (Å²) in [7, 11) is 0. The van der Waals surface area contributed by atoms with Crippen LogP contribution in [0.1, 0.15) is 34.9 Å². The average molecular weight is 294 g/mol. The van der Waals surface area contributed by atoms with Crippen LogP contribution in [0.3, 0.4) is 0 Å². The molecule has 0 fully saturated rings. The lowest BCUT2D eigenvalue weighted by Gasteiger charge is -2.09. The molecule has 0 aliphatic carbocycles. The van der Waals surface area contributed by atoms with Crippen LogP contribution in [0, 0.1) is 0 Å². The van der Waals surface area contributed by atoms with Gasteiger partial charge in [-0.2, -0.15) is 0 Å². The van der Waals surface area contributed by atoms with Gasteiger partial charge in [0.1, 0.15) is 0 Å². The lowest BCUT2D eigenvalue weighted by atomic mass is 10.2. The molecule has 2 atom stereocenters. The van der Waals surface area contributed by atoms with Gasteiger partial charge in [0, 0.05) is 12.4 Å². The Morgan fingerprint density at radius 3 is 1.58 bits per heavy atom. The van der Waals surface area contributed by atoms with Crippen molar-refractivity contribution in [3.8, 4) is 0 Å². The minimum absolute atomic E-state index is 0.251. The van der Waals surface area contributed by atoms with Crippen LogP contribution < -0.4 is 0 Å². The zero-order chi connectivity index (χ0) is 9.14. The molecule has 0 N–H and O–H groups in total. The van der Waals surface area contributed by atoms with Crippen LogP contribution in [0.25, 0.3) is 0 Å². The summed E-state index contributed by atoms with van der Waals surface area (Å²) >= 11 is 6.96. The maximum Gasteiger partial charge on any atom is 0.0763 e. The molecule has 0 aliphatic rings. The maximum absolute atomic E-state index is 4.26. The van der Waals surface area contributed by atoms with E-state index < -0.39 is 0 Å². The Kier molecular flexibility index (Phi) is 3.65. The monoisotopic (exact) mass is 292 g/mol. The lowest BCUT2D eigenvalue weighted by Crippen LogP contribution is -2.00. The standard InChI is InChI=1S/C8H10Br2N2/c1-5(9)7-8(6(2)10)12-4-3-11-7/h3-6H,1-2H3. The van der Waals surface area contributed by atoms with E-state index in [1.54, 1.807) is 12.4 Å². The Morgan fingerprint density at radius 2 is 1.33 bits per heavy atom. The zero-order valence-electron chi connectivity index (χ0n) is 6.96. The third-order valence-electron chi connectivity index (χ3n) is 1.51. The van der Waals surface area contributed by atoms with Crippen LogP contribution in [-0.2, 0) is 0 Å². The van der Waals surface area contributed by atoms with Crippen LogP contribution in [-0.4, -0.2) is 9.97 Å². The molecule has 2 unspecified atom stereocenters. The SMILES string of the molecule is CC(Br)c1nccnc1C(C)Br. The molecule has 0 bridgehead atoms. The molecule has 2 nitrogen and oxygen atoms in total. The van der Waals surface area contributed by atoms with Crippen molar-refractivity contribution in [1.82, 2.24) is 9.97 Å². The van der Waals surface area contributed by atoms with Crippen molar-refractivity contribution in [1.29, 1.82) is 0 Å². The molecule has 0 spiro atoms. The molecule has 1 aromatic heterocycles. The van der Waals surface area contributed by atoms with Crippen LogP contribution in [0.5, 0.6) is 0 Å². The Labute approximate surface area is 89.1 Å². The Morgan fingerprint density at radius 1 is 1.00 bits per heavy atom. The highest BCUT2D eigenvalue weighted by atomic mass is 79.9. The molecule has 0 saturated heterocycles. The predicted octanol–water partition coefficient (Wildman–Crippen LogP) is 3.39. The van der Waals surface area contributed by atoms with Gasteiger partial charge in [-0.15, -0.1) is 0 Å². The number of hydrogen-bond acceptors (Lipinski definition) is 2. The largest absolute Gasteiger partial charge is 0.257 e. The van der Waals surface area contributed by atoms with E-state index in [0.29, 0.717) is 0 Å². The lowest BCUT2D eigenvalue weighted by molar-refractivity contribution is 0.894. The van der Waals surface area contributed by atoms with Crippen molar-refractivity contribution in [2.75, 3.05) is 0 Å². The number of halogens is 2. The molecule has 0 radical (unpaired) electrons. The second-order valence-corrected chi connectivity index (χ2v) is 5.31. The molecule has 1 aromatic rings. The van der Waals surface area contributed by atoms with Crippen LogP contribution in [0.15, 0.2) is 12.4 Å². The first-order chi connectivity index (χ1) is 5.63. The van der Waals surface area contributed by atoms with E-state index in [4.69, 9.17) is 0 Å². The first-order valence-corrected chi connectivity index (χ1v) is 5.55. The van der Waals surface area contributed by atoms with Crippen molar-refractivity contribution in [3.05, 3.63) is 23.8 Å². The Bertz CT molecular complexity index is 234. The molecule has 0 aromatic carbocycles. The van der Waals surface area contributed by atoms with E-state index in [-0.39, 0.29) is 9.65 Å². The fourth-order valence-corrected chi connectivity index (χ4v) is 1.68. The third-order valence-corrected chi connectivity index (χ3v) is 2.38. The fraction of sp³-hybridized carbons (Fsp3) is 0.500. The quantitative estimate of drug-likeness (QED) is 0.781. The number of alkyl halides is 2. The molecular weight excluding hydrogens is 284 g/mol. The fourth-order valence-electron chi connectivity index (χ4n) is 0.973. The van der Waals surface area contributed by atoms with Gasteiger partial charge in [0.25, 0.3) is 0 Å². The van der Waals surface area contributed by atoms with Crippen LogP contribution in [0.2, 0.25) is 0 Å². The molecular formula is C8H10Br2N2. The Balaban J connectivity index is 3.09. The number of aromatic nitrogens is 2. The molecule has 0 amide bonds. The van der Waals surface area contributed by atoms with E-state index in [1.807, 2.05) is 13.8 Å². The van der Waals surface area contributed by atoms with Gasteiger partial charge in [-0.05, 0) is 13.8 Å². The van der Waals surface area contributed by atoms with E-state index in [0.717, 1.165) is 11.4 Å². The zero-order valence-corrected chi connectivity index (χ0v) is 10.1. The minimum atomic E-state index is 0.251. The van der Waals surface area contributed by atoms with Crippen molar-refractivity contribution in [2.24, 2.45) is 0 Å². The van der Waals surface area contributed by atoms with Gasteiger partial charge in [-0.3, -0.25) is 9.97 Å². The normalized spacial score (nSPS) is 15.7. The number of hydrogen-bond donors (Lipinski definition) is 0. The van der Waals surface area contributed by atoms with Gasteiger partial charge >= 0.3 is 0 Å². The first-order valence-electron chi connectivity index (χ1n) is 3.72. The third kappa shape index (κ3) is 2.26. The van der Waals surface area contributed by atoms with Gasteiger partial charge in [0.2, 0.25) is 0 Å². The molecule has 1 heterocycles. The first kappa shape index (κ1) is 10.1. The van der Waals surface area contributed by atoms with Gasteiger partial charge in [-0.25, -0.2) is 0 Å². The maximum atomic E-state index is 4.26. The van der Waals surface area contributed by atoms with Gasteiger partial charge in [0.05, 0.1) is 21.0 Å². The average Bonchev–Trinajstić information content (AvgIpc) is 2.04. The molecule has 1 rings (SSSR count). The molecule has 0 aliphatic heterocycles. The summed E-state index contributed by atoms with van der Waals surface area (Å²) in [5, 5.41) is 0. The van der Waals surface area contributed by atoms with E-state index >= 15 is 0 Å². The predicted molar refractivity (Wildman–Crippen MR) is 56.7 cm³/mol. The summed E-state index contributed by atoms with van der Waals surface area (Å²) < 4.78 is 0. The molecule has 4 heteroatoms. The van der Waals surface area contributed by atoms with Crippen molar-refractivity contribution >= 4 is 31.9 Å². The highest BCUT2D eigenvalue weighted by molar-refractivity contribution is 9.09. The van der Waals surface area contributed by atoms with E-state index in [2.05, 4.69) is 41.8 Å². The van der Waals surface area contributed by atoms with Gasteiger partial charge in [-0.1, -0.05) is 31.9 Å². The number of nitrogens with zero attached hydrogens (tertiary/aromatic N) is 2. The Hall–Kier alpha value is 0.0400. The number of rotatable bonds is 2. The molecule has 66 valence electrons. The highest BCUT2D eigenvalue weighted by Crippen LogP contribution is 2.29. The summed E-state index contributed by atoms with van der Waals surface area (Å²) in [5.41, 5.74) is 2.00. The summed E-state index contributed by atoms with van der Waals surface area (Å²) in [6.45, 7) is 4.09. The topological polar surface area (TPSA) is 25.8 Å². The second kappa shape index (κ2) is 4.33. The van der Waals surface area contributed by atoms with Crippen molar-refractivity contribution < 1.29 is 0 Å². The van der Waals surface area contributed by atoms with E-state index in [9.17, 15) is 0 Å². The minimum Gasteiger partial charge on any atom is -0.257 e. The second-order valence-electron chi connectivity index (χ2n) is 2.56. The van der Waals surface area contributed by atoms with Crippen LogP contribution in [0.4, 0.5) is 0 Å². The van der Waals surface area contributed by atoms with Crippen molar-refractivity contribution in [3.63, 3.8) is 0 Å². The highest BCUT2D eigenvalue weighted by Gasteiger charge is 2.13. The molecule has 12 heavy (non-hydrogen) atoms. The summed E-state index contributed by atoms with van der Waals surface area (Å²) in [6, 6.07) is 0. The van der Waals surface area contributed by atoms with Crippen LogP contribution >= 0.6 is 31.9 Å². The summed E-state index contributed by atoms with van der Waals surface area (Å²) in [6.07, 6.45) is 3.43. The van der Waals surface area contributed by atoms with E-state index in [1.165, 1.54) is 0 Å². The smallest absolute Gasteiger partial charge is 0.0763 e.